The van der Waals surface area contributed by atoms with E-state index in [-0.39, 0.29) is 37.6 Å². The molecule has 150 valence electrons. The van der Waals surface area contributed by atoms with E-state index in [4.69, 9.17) is 9.47 Å². The highest BCUT2D eigenvalue weighted by Crippen LogP contribution is 2.36. The summed E-state index contributed by atoms with van der Waals surface area (Å²) in [5, 5.41) is 5.59. The van der Waals surface area contributed by atoms with Crippen molar-refractivity contribution in [2.45, 2.75) is 51.1 Å². The van der Waals surface area contributed by atoms with Crippen LogP contribution in [-0.2, 0) is 16.1 Å². The molecule has 8 nitrogen and oxygen atoms in total. The Balaban J connectivity index is 1.35. The van der Waals surface area contributed by atoms with Gasteiger partial charge in [-0.25, -0.2) is 4.79 Å². The van der Waals surface area contributed by atoms with Gasteiger partial charge < -0.3 is 20.1 Å². The minimum absolute atomic E-state index is 0.124. The lowest BCUT2D eigenvalue weighted by molar-refractivity contribution is -0.136. The molecule has 0 spiro atoms. The first-order valence-electron chi connectivity index (χ1n) is 9.77. The van der Waals surface area contributed by atoms with Gasteiger partial charge in [0, 0.05) is 6.54 Å². The predicted octanol–water partition coefficient (Wildman–Crippen LogP) is 1.92. The van der Waals surface area contributed by atoms with Crippen LogP contribution in [0.5, 0.6) is 11.5 Å². The summed E-state index contributed by atoms with van der Waals surface area (Å²) in [6, 6.07) is 4.94. The van der Waals surface area contributed by atoms with Crippen molar-refractivity contribution in [3.63, 3.8) is 0 Å². The summed E-state index contributed by atoms with van der Waals surface area (Å²) in [6.45, 7) is 1.97. The highest BCUT2D eigenvalue weighted by molar-refractivity contribution is 6.09. The van der Waals surface area contributed by atoms with Crippen molar-refractivity contribution >= 4 is 17.8 Å². The van der Waals surface area contributed by atoms with Crippen molar-refractivity contribution in [1.82, 2.24) is 15.5 Å². The molecule has 2 heterocycles. The standard InChI is InChI=1S/C20H25N3O5/c1-20(14-5-3-2-4-6-14)18(25)23(19(26)22-20)11-17(24)21-10-13-7-8-15-16(9-13)28-12-27-15/h7-9,14H,2-6,10-12H2,1H3,(H,21,24)(H,22,26)/t20-/m0/s1. The fraction of sp³-hybridized carbons (Fsp3) is 0.550. The van der Waals surface area contributed by atoms with Gasteiger partial charge in [-0.3, -0.25) is 14.5 Å². The molecule has 0 radical (unpaired) electrons. The number of hydrogen-bond acceptors (Lipinski definition) is 5. The Morgan fingerprint density at radius 1 is 1.21 bits per heavy atom. The third-order valence-electron chi connectivity index (χ3n) is 5.95. The van der Waals surface area contributed by atoms with Gasteiger partial charge >= 0.3 is 6.03 Å². The lowest BCUT2D eigenvalue weighted by Crippen LogP contribution is -2.51. The molecular formula is C20H25N3O5. The molecule has 1 saturated carbocycles. The second kappa shape index (κ2) is 7.33. The summed E-state index contributed by atoms with van der Waals surface area (Å²) in [5.74, 6) is 0.761. The maximum Gasteiger partial charge on any atom is 0.325 e. The monoisotopic (exact) mass is 387 g/mol. The third kappa shape index (κ3) is 3.39. The summed E-state index contributed by atoms with van der Waals surface area (Å²) < 4.78 is 10.6. The molecule has 1 atom stereocenters. The molecule has 1 saturated heterocycles. The van der Waals surface area contributed by atoms with Crippen LogP contribution >= 0.6 is 0 Å². The molecule has 0 bridgehead atoms. The molecule has 4 rings (SSSR count). The van der Waals surface area contributed by atoms with E-state index in [1.807, 2.05) is 6.07 Å². The number of rotatable bonds is 5. The number of nitrogens with one attached hydrogen (secondary N) is 2. The van der Waals surface area contributed by atoms with Gasteiger partial charge in [-0.1, -0.05) is 25.3 Å². The van der Waals surface area contributed by atoms with E-state index >= 15 is 0 Å². The molecular weight excluding hydrogens is 362 g/mol. The van der Waals surface area contributed by atoms with Gasteiger partial charge in [0.2, 0.25) is 12.7 Å². The number of amides is 4. The summed E-state index contributed by atoms with van der Waals surface area (Å²) >= 11 is 0. The van der Waals surface area contributed by atoms with Gasteiger partial charge in [-0.15, -0.1) is 0 Å². The lowest BCUT2D eigenvalue weighted by atomic mass is 9.75. The van der Waals surface area contributed by atoms with Crippen LogP contribution < -0.4 is 20.1 Å². The fourth-order valence-corrected chi connectivity index (χ4v) is 4.27. The number of carbonyl (C=O) groups excluding carboxylic acids is 3. The largest absolute Gasteiger partial charge is 0.454 e. The smallest absolute Gasteiger partial charge is 0.325 e. The number of hydrogen-bond donors (Lipinski definition) is 2. The molecule has 0 aromatic heterocycles. The minimum atomic E-state index is -0.908. The quantitative estimate of drug-likeness (QED) is 0.753. The summed E-state index contributed by atoms with van der Waals surface area (Å²) in [6.07, 6.45) is 5.15. The number of imide groups is 1. The molecule has 1 aromatic carbocycles. The van der Waals surface area contributed by atoms with Crippen LogP contribution in [0.4, 0.5) is 4.79 Å². The van der Waals surface area contributed by atoms with Crippen molar-refractivity contribution in [2.24, 2.45) is 5.92 Å². The van der Waals surface area contributed by atoms with Crippen LogP contribution in [0.25, 0.3) is 0 Å². The third-order valence-corrected chi connectivity index (χ3v) is 5.95. The van der Waals surface area contributed by atoms with Gasteiger partial charge in [-0.2, -0.15) is 0 Å². The van der Waals surface area contributed by atoms with Gasteiger partial charge in [0.1, 0.15) is 12.1 Å². The summed E-state index contributed by atoms with van der Waals surface area (Å²) in [7, 11) is 0. The highest BCUT2D eigenvalue weighted by Gasteiger charge is 2.52. The zero-order chi connectivity index (χ0) is 19.7. The van der Waals surface area contributed by atoms with E-state index in [2.05, 4.69) is 10.6 Å². The zero-order valence-corrected chi connectivity index (χ0v) is 16.0. The van der Waals surface area contributed by atoms with E-state index in [0.717, 1.165) is 36.1 Å². The number of nitrogens with zero attached hydrogens (tertiary/aromatic N) is 1. The van der Waals surface area contributed by atoms with Crippen LogP contribution in [0.15, 0.2) is 18.2 Å². The Bertz CT molecular complexity index is 805. The van der Waals surface area contributed by atoms with Crippen LogP contribution in [-0.4, -0.2) is 41.6 Å². The van der Waals surface area contributed by atoms with Crippen LogP contribution in [0.2, 0.25) is 0 Å². The maximum absolute atomic E-state index is 12.9. The van der Waals surface area contributed by atoms with Gasteiger partial charge in [0.25, 0.3) is 5.91 Å². The molecule has 8 heteroatoms. The molecule has 0 unspecified atom stereocenters. The number of ether oxygens (including phenoxy) is 2. The van der Waals surface area contributed by atoms with E-state index in [0.29, 0.717) is 11.5 Å². The van der Waals surface area contributed by atoms with Crippen molar-refractivity contribution in [1.29, 1.82) is 0 Å². The van der Waals surface area contributed by atoms with E-state index in [1.165, 1.54) is 6.42 Å². The first-order chi connectivity index (χ1) is 13.5. The maximum atomic E-state index is 12.9. The number of urea groups is 1. The molecule has 3 aliphatic rings. The van der Waals surface area contributed by atoms with Crippen LogP contribution in [0.3, 0.4) is 0 Å². The average molecular weight is 387 g/mol. The van der Waals surface area contributed by atoms with Crippen LogP contribution in [0.1, 0.15) is 44.6 Å². The minimum Gasteiger partial charge on any atom is -0.454 e. The molecule has 2 fully saturated rings. The van der Waals surface area contributed by atoms with Crippen LogP contribution in [0, 0.1) is 5.92 Å². The summed E-state index contributed by atoms with van der Waals surface area (Å²) in [5.41, 5.74) is -0.0587. The van der Waals surface area contributed by atoms with Crippen molar-refractivity contribution in [3.05, 3.63) is 23.8 Å². The van der Waals surface area contributed by atoms with Crippen molar-refractivity contribution < 1.29 is 23.9 Å². The second-order valence-electron chi connectivity index (χ2n) is 7.82. The van der Waals surface area contributed by atoms with Gasteiger partial charge in [0.15, 0.2) is 11.5 Å². The van der Waals surface area contributed by atoms with E-state index in [9.17, 15) is 14.4 Å². The van der Waals surface area contributed by atoms with E-state index in [1.54, 1.807) is 19.1 Å². The normalized spacial score (nSPS) is 24.4. The fourth-order valence-electron chi connectivity index (χ4n) is 4.27. The molecule has 2 aliphatic heterocycles. The molecule has 1 aromatic rings. The Labute approximate surface area is 163 Å². The Kier molecular flexibility index (Phi) is 4.87. The topological polar surface area (TPSA) is 97.0 Å². The molecule has 28 heavy (non-hydrogen) atoms. The van der Waals surface area contributed by atoms with Gasteiger partial charge in [-0.05, 0) is 43.4 Å². The SMILES string of the molecule is C[C@@]1(C2CCCCC2)NC(=O)N(CC(=O)NCc2ccc3c(c2)OCO3)C1=O. The Hall–Kier alpha value is -2.77. The molecule has 4 amide bonds. The lowest BCUT2D eigenvalue weighted by Gasteiger charge is -2.34. The number of benzene rings is 1. The molecule has 1 aliphatic carbocycles. The number of carbonyl (C=O) groups is 3. The average Bonchev–Trinajstić information content (AvgIpc) is 3.25. The van der Waals surface area contributed by atoms with Crippen molar-refractivity contribution in [3.8, 4) is 11.5 Å². The zero-order valence-electron chi connectivity index (χ0n) is 16.0. The Morgan fingerprint density at radius 2 is 1.96 bits per heavy atom. The number of fused-ring (bicyclic) bond motifs is 1. The van der Waals surface area contributed by atoms with Crippen molar-refractivity contribution in [2.75, 3.05) is 13.3 Å². The summed E-state index contributed by atoms with van der Waals surface area (Å²) in [4.78, 5) is 38.6. The van der Waals surface area contributed by atoms with Gasteiger partial charge in [0.05, 0.1) is 0 Å². The van der Waals surface area contributed by atoms with E-state index < -0.39 is 11.6 Å². The molecule has 2 N–H and O–H groups in total. The highest BCUT2D eigenvalue weighted by atomic mass is 16.7. The first-order valence-corrected chi connectivity index (χ1v) is 9.77. The predicted molar refractivity (Wildman–Crippen MR) is 99.6 cm³/mol. The Morgan fingerprint density at radius 3 is 2.75 bits per heavy atom. The first kappa shape index (κ1) is 18.6. The second-order valence-corrected chi connectivity index (χ2v) is 7.82.